The van der Waals surface area contributed by atoms with Crippen LogP contribution in [0.2, 0.25) is 0 Å². The van der Waals surface area contributed by atoms with Crippen molar-refractivity contribution in [3.05, 3.63) is 90.1 Å². The Morgan fingerprint density at radius 3 is 2.32 bits per heavy atom. The van der Waals surface area contributed by atoms with Gasteiger partial charge in [-0.3, -0.25) is 4.98 Å². The van der Waals surface area contributed by atoms with E-state index >= 15 is 0 Å². The quantitative estimate of drug-likeness (QED) is 0.222. The Balaban J connectivity index is 0.000000478. The summed E-state index contributed by atoms with van der Waals surface area (Å²) in [5, 5.41) is 15.2. The summed E-state index contributed by atoms with van der Waals surface area (Å²) in [6.45, 7) is 0. The third-order valence-corrected chi connectivity index (χ3v) is 3.43. The maximum Gasteiger partial charge on any atom is 2.00 e. The van der Waals surface area contributed by atoms with Gasteiger partial charge >= 0.3 is 22.5 Å². The Morgan fingerprint density at radius 2 is 1.75 bits per heavy atom. The van der Waals surface area contributed by atoms with Crippen molar-refractivity contribution < 1.29 is 26.6 Å². The van der Waals surface area contributed by atoms with E-state index in [1.54, 1.807) is 30.6 Å². The molecule has 0 saturated heterocycles. The smallest absolute Gasteiger partial charge is 0.590 e. The van der Waals surface area contributed by atoms with Crippen LogP contribution in [-0.4, -0.2) is 28.5 Å². The molecule has 0 bridgehead atoms. The minimum Gasteiger partial charge on any atom is -0.590 e. The third-order valence-electron chi connectivity index (χ3n) is 3.22. The van der Waals surface area contributed by atoms with Crippen LogP contribution in [-0.2, 0) is 29.0 Å². The first kappa shape index (κ1) is 23.1. The molecule has 0 amide bonds. The maximum atomic E-state index is 7.91. The van der Waals surface area contributed by atoms with E-state index in [1.807, 2.05) is 48.5 Å². The molecule has 3 N–H and O–H groups in total. The number of methoxy groups -OCH3 is 1. The van der Waals surface area contributed by atoms with Gasteiger partial charge in [0, 0.05) is 24.3 Å². The number of ether oxygens (including phenoxy) is 1. The van der Waals surface area contributed by atoms with Crippen LogP contribution in [0.4, 0.5) is 5.69 Å². The van der Waals surface area contributed by atoms with Gasteiger partial charge in [0.05, 0.1) is 12.7 Å². The molecular weight excluding hydrogens is 419 g/mol. The van der Waals surface area contributed by atoms with Gasteiger partial charge in [0.25, 0.3) is 0 Å². The van der Waals surface area contributed by atoms with Crippen LogP contribution < -0.4 is 10.1 Å². The molecule has 0 spiro atoms. The van der Waals surface area contributed by atoms with Crippen molar-refractivity contribution >= 4 is 29.2 Å². The van der Waals surface area contributed by atoms with E-state index in [0.717, 1.165) is 5.69 Å². The van der Waals surface area contributed by atoms with Gasteiger partial charge in [-0.25, -0.2) is 0 Å². The van der Waals surface area contributed by atoms with Crippen LogP contribution in [0, 0.1) is 0 Å². The maximum absolute atomic E-state index is 7.91. The second kappa shape index (κ2) is 13.3. The SMILES string of the molecule is COc1cccc(C=N[N-]C(=[SH+])Nc2ccccc2)c1[OH2+].[Co+2].c1ccncc1. The normalized spacial score (nSPS) is 9.46. The molecule has 2 aromatic carbocycles. The first-order chi connectivity index (χ1) is 13.2. The molecule has 3 aromatic rings. The summed E-state index contributed by atoms with van der Waals surface area (Å²) in [6, 6.07) is 20.6. The summed E-state index contributed by atoms with van der Waals surface area (Å²) in [4.78, 5) is 3.78. The van der Waals surface area contributed by atoms with Crippen molar-refractivity contribution in [1.29, 1.82) is 0 Å². The zero-order valence-corrected chi connectivity index (χ0v) is 17.0. The van der Waals surface area contributed by atoms with E-state index in [2.05, 4.69) is 33.0 Å². The zero-order valence-electron chi connectivity index (χ0n) is 15.1. The van der Waals surface area contributed by atoms with E-state index < -0.39 is 0 Å². The van der Waals surface area contributed by atoms with Crippen molar-refractivity contribution in [2.45, 2.75) is 0 Å². The molecule has 0 saturated carbocycles. The number of pyridine rings is 1. The van der Waals surface area contributed by atoms with Crippen molar-refractivity contribution in [2.24, 2.45) is 5.10 Å². The summed E-state index contributed by atoms with van der Waals surface area (Å²) in [6.07, 6.45) is 4.99. The first-order valence-electron chi connectivity index (χ1n) is 8.06. The van der Waals surface area contributed by atoms with Crippen LogP contribution in [0.25, 0.3) is 5.43 Å². The predicted molar refractivity (Wildman–Crippen MR) is 115 cm³/mol. The largest absolute Gasteiger partial charge is 2.00 e. The fourth-order valence-corrected chi connectivity index (χ4v) is 2.14. The number of para-hydroxylation sites is 2. The average molecular weight is 440 g/mol. The van der Waals surface area contributed by atoms with E-state index in [0.29, 0.717) is 16.4 Å². The molecule has 0 aliphatic carbocycles. The summed E-state index contributed by atoms with van der Waals surface area (Å²) >= 11 is 4.21. The Bertz CT molecular complexity index is 838. The van der Waals surface area contributed by atoms with E-state index in [1.165, 1.54) is 13.3 Å². The monoisotopic (exact) mass is 440 g/mol. The van der Waals surface area contributed by atoms with Gasteiger partial charge in [-0.1, -0.05) is 30.3 Å². The van der Waals surface area contributed by atoms with E-state index in [-0.39, 0.29) is 22.5 Å². The van der Waals surface area contributed by atoms with Crippen LogP contribution in [0.15, 0.2) is 84.2 Å². The third kappa shape index (κ3) is 8.17. The minimum absolute atomic E-state index is 0. The van der Waals surface area contributed by atoms with Crippen LogP contribution in [0.5, 0.6) is 11.5 Å². The summed E-state index contributed by atoms with van der Waals surface area (Å²) in [7, 11) is 1.53. The van der Waals surface area contributed by atoms with Crippen molar-refractivity contribution in [1.82, 2.24) is 4.98 Å². The van der Waals surface area contributed by atoms with Gasteiger partial charge in [-0.05, 0) is 36.4 Å². The number of aromatic nitrogens is 1. The molecule has 145 valence electrons. The van der Waals surface area contributed by atoms with Gasteiger partial charge in [0.2, 0.25) is 10.9 Å². The Labute approximate surface area is 179 Å². The van der Waals surface area contributed by atoms with Crippen LogP contribution in [0.3, 0.4) is 0 Å². The van der Waals surface area contributed by atoms with Gasteiger partial charge in [-0.15, -0.1) is 0 Å². The van der Waals surface area contributed by atoms with Gasteiger partial charge in [0.1, 0.15) is 0 Å². The van der Waals surface area contributed by atoms with E-state index in [4.69, 9.17) is 9.84 Å². The Kier molecular flexibility index (Phi) is 10.9. The Morgan fingerprint density at radius 1 is 1.07 bits per heavy atom. The van der Waals surface area contributed by atoms with Crippen LogP contribution in [0.1, 0.15) is 5.56 Å². The number of nitrogens with one attached hydrogen (secondary N) is 1. The van der Waals surface area contributed by atoms with Crippen molar-refractivity contribution in [3.63, 3.8) is 0 Å². The molecule has 3 rings (SSSR count). The number of hydrogen-bond acceptors (Lipinski definition) is 3. The average Bonchev–Trinajstić information content (AvgIpc) is 2.72. The van der Waals surface area contributed by atoms with Crippen molar-refractivity contribution in [3.8, 4) is 11.5 Å². The fourth-order valence-electron chi connectivity index (χ4n) is 1.96. The molecule has 0 unspecified atom stereocenters. The molecule has 28 heavy (non-hydrogen) atoms. The molecule has 0 aliphatic heterocycles. The van der Waals surface area contributed by atoms with Gasteiger partial charge in [-0.2, -0.15) is 0 Å². The molecule has 0 fully saturated rings. The molecule has 0 atom stereocenters. The molecule has 0 aliphatic rings. The van der Waals surface area contributed by atoms with Crippen molar-refractivity contribution in [2.75, 3.05) is 12.4 Å². The Hall–Kier alpha value is -2.94. The molecule has 8 heteroatoms. The number of hydrogen-bond donors (Lipinski definition) is 1. The molecular formula is C20H21CoN4O2S+3. The first-order valence-corrected chi connectivity index (χ1v) is 8.51. The fraction of sp³-hybridized carbons (Fsp3) is 0.0500. The van der Waals surface area contributed by atoms with Gasteiger partial charge < -0.3 is 25.7 Å². The van der Waals surface area contributed by atoms with Crippen LogP contribution >= 0.6 is 0 Å². The minimum atomic E-state index is 0. The number of rotatable bonds is 4. The predicted octanol–water partition coefficient (Wildman–Crippen LogP) is 3.40. The number of benzene rings is 2. The van der Waals surface area contributed by atoms with E-state index in [9.17, 15) is 0 Å². The molecule has 1 heterocycles. The molecule has 1 radical (unpaired) electrons. The summed E-state index contributed by atoms with van der Waals surface area (Å²) in [5.74, 6) is 0.770. The second-order valence-corrected chi connectivity index (χ2v) is 5.53. The molecule has 6 nitrogen and oxygen atoms in total. The summed E-state index contributed by atoms with van der Waals surface area (Å²) < 4.78 is 5.08. The topological polar surface area (TPSA) is 83.5 Å². The van der Waals surface area contributed by atoms with Gasteiger partial charge in [0.15, 0.2) is 12.2 Å². The number of thiol groups is 1. The summed E-state index contributed by atoms with van der Waals surface area (Å²) in [5.41, 5.74) is 5.43. The zero-order chi connectivity index (χ0) is 19.3. The molecule has 1 aromatic heterocycles. The number of anilines is 1. The standard InChI is InChI=1S/C15H15N3O2S.C5H5N.Co/c1-20-13-9-5-6-11(14(13)19)10-16-18-15(21)17-12-7-3-2-4-8-12;1-2-4-6-5-3-1;/h2-10H,1H3,(H3,16,17,18,19,21);1-5H;/q;;+2/p+1. The number of nitrogens with zero attached hydrogens (tertiary/aromatic N) is 3. The second-order valence-electron chi connectivity index (χ2n) is 5.11.